The SMILES string of the molecule is CC(C)c1cc(Cl)nnc1NN.O=C(O)C(F)(F)F. The summed E-state index contributed by atoms with van der Waals surface area (Å²) in [4.78, 5) is 8.90. The summed E-state index contributed by atoms with van der Waals surface area (Å²) < 4.78 is 31.7. The van der Waals surface area contributed by atoms with E-state index < -0.39 is 12.1 Å². The van der Waals surface area contributed by atoms with Crippen LogP contribution in [0.5, 0.6) is 0 Å². The van der Waals surface area contributed by atoms with Crippen LogP contribution in [0.1, 0.15) is 25.3 Å². The molecule has 108 valence electrons. The third kappa shape index (κ3) is 6.20. The Morgan fingerprint density at radius 3 is 2.26 bits per heavy atom. The molecule has 0 spiro atoms. The smallest absolute Gasteiger partial charge is 0.475 e. The third-order valence-electron chi connectivity index (χ3n) is 1.79. The number of alkyl halides is 3. The van der Waals surface area contributed by atoms with Gasteiger partial charge in [0.25, 0.3) is 0 Å². The van der Waals surface area contributed by atoms with Crippen molar-refractivity contribution in [2.45, 2.75) is 25.9 Å². The van der Waals surface area contributed by atoms with E-state index in [4.69, 9.17) is 27.3 Å². The van der Waals surface area contributed by atoms with Gasteiger partial charge in [-0.2, -0.15) is 13.2 Å². The van der Waals surface area contributed by atoms with Crippen molar-refractivity contribution >= 4 is 23.4 Å². The first-order valence-electron chi connectivity index (χ1n) is 4.89. The van der Waals surface area contributed by atoms with Gasteiger partial charge in [-0.1, -0.05) is 25.4 Å². The number of hydrogen-bond acceptors (Lipinski definition) is 5. The maximum absolute atomic E-state index is 10.6. The van der Waals surface area contributed by atoms with Crippen LogP contribution in [0.2, 0.25) is 5.15 Å². The number of hydrazine groups is 1. The van der Waals surface area contributed by atoms with Gasteiger partial charge in [-0.3, -0.25) is 0 Å². The van der Waals surface area contributed by atoms with Crippen LogP contribution in [-0.4, -0.2) is 27.4 Å². The Morgan fingerprint density at radius 2 is 1.95 bits per heavy atom. The Hall–Kier alpha value is -1.61. The van der Waals surface area contributed by atoms with Gasteiger partial charge in [0.15, 0.2) is 11.0 Å². The lowest BCUT2D eigenvalue weighted by Crippen LogP contribution is -2.21. The molecule has 19 heavy (non-hydrogen) atoms. The summed E-state index contributed by atoms with van der Waals surface area (Å²) in [5.74, 6) is 3.39. The number of nitrogens with one attached hydrogen (secondary N) is 1. The van der Waals surface area contributed by atoms with Gasteiger partial charge in [-0.25, -0.2) is 10.6 Å². The first kappa shape index (κ1) is 17.4. The number of carboxylic acids is 1. The summed E-state index contributed by atoms with van der Waals surface area (Å²) >= 11 is 5.68. The highest BCUT2D eigenvalue weighted by atomic mass is 35.5. The van der Waals surface area contributed by atoms with Crippen LogP contribution in [0.15, 0.2) is 6.07 Å². The minimum absolute atomic E-state index is 0.323. The van der Waals surface area contributed by atoms with Crippen molar-refractivity contribution in [3.8, 4) is 0 Å². The zero-order chi connectivity index (χ0) is 15.2. The third-order valence-corrected chi connectivity index (χ3v) is 1.98. The lowest BCUT2D eigenvalue weighted by atomic mass is 10.1. The molecule has 6 nitrogen and oxygen atoms in total. The van der Waals surface area contributed by atoms with Crippen molar-refractivity contribution < 1.29 is 23.1 Å². The predicted molar refractivity (Wildman–Crippen MR) is 62.6 cm³/mol. The summed E-state index contributed by atoms with van der Waals surface area (Å²) in [6.07, 6.45) is -5.08. The standard InChI is InChI=1S/C7H11ClN4.C2HF3O2/c1-4(2)5-3-6(8)11-12-7(5)10-9;3-2(4,5)1(6)7/h3-4H,9H2,1-2H3,(H,10,12);(H,6,7). The van der Waals surface area contributed by atoms with Crippen LogP contribution in [0.3, 0.4) is 0 Å². The number of nitrogens with zero attached hydrogens (tertiary/aromatic N) is 2. The Labute approximate surface area is 111 Å². The molecule has 0 atom stereocenters. The zero-order valence-corrected chi connectivity index (χ0v) is 10.7. The number of carbonyl (C=O) groups is 1. The summed E-state index contributed by atoms with van der Waals surface area (Å²) in [5, 5.41) is 15.0. The molecule has 1 aromatic heterocycles. The number of halogens is 4. The molecule has 0 bridgehead atoms. The fourth-order valence-corrected chi connectivity index (χ4v) is 1.09. The molecule has 0 aromatic carbocycles. The van der Waals surface area contributed by atoms with E-state index in [0.717, 1.165) is 5.56 Å². The van der Waals surface area contributed by atoms with E-state index in [1.807, 2.05) is 13.8 Å². The topological polar surface area (TPSA) is 101 Å². The number of aliphatic carboxylic acids is 1. The molecule has 0 fully saturated rings. The van der Waals surface area contributed by atoms with Crippen LogP contribution in [-0.2, 0) is 4.79 Å². The molecule has 0 amide bonds. The molecule has 0 unspecified atom stereocenters. The van der Waals surface area contributed by atoms with Gasteiger partial charge in [0, 0.05) is 5.56 Å². The molecule has 0 radical (unpaired) electrons. The summed E-state index contributed by atoms with van der Waals surface area (Å²) in [5.41, 5.74) is 3.44. The fourth-order valence-electron chi connectivity index (χ4n) is 0.933. The number of nitrogens with two attached hydrogens (primary N) is 1. The van der Waals surface area contributed by atoms with Crippen LogP contribution in [0, 0.1) is 0 Å². The van der Waals surface area contributed by atoms with Crippen molar-refractivity contribution in [1.29, 1.82) is 0 Å². The number of carboxylic acid groups (broad SMARTS) is 1. The summed E-state index contributed by atoms with van der Waals surface area (Å²) in [6.45, 7) is 4.07. The first-order chi connectivity index (χ1) is 8.59. The minimum Gasteiger partial charge on any atom is -0.475 e. The van der Waals surface area contributed by atoms with E-state index in [2.05, 4.69) is 15.6 Å². The Bertz CT molecular complexity index is 440. The highest BCUT2D eigenvalue weighted by Gasteiger charge is 2.38. The molecule has 0 aliphatic heterocycles. The van der Waals surface area contributed by atoms with Crippen LogP contribution in [0.4, 0.5) is 19.0 Å². The molecular formula is C9H12ClF3N4O2. The lowest BCUT2D eigenvalue weighted by Gasteiger charge is -2.09. The first-order valence-corrected chi connectivity index (χ1v) is 5.27. The molecule has 0 saturated heterocycles. The molecule has 1 rings (SSSR count). The fraction of sp³-hybridized carbons (Fsp3) is 0.444. The Balaban J connectivity index is 0.000000399. The highest BCUT2D eigenvalue weighted by Crippen LogP contribution is 2.22. The van der Waals surface area contributed by atoms with Crippen LogP contribution in [0.25, 0.3) is 0 Å². The van der Waals surface area contributed by atoms with E-state index in [1.165, 1.54) is 0 Å². The van der Waals surface area contributed by atoms with E-state index >= 15 is 0 Å². The number of rotatable bonds is 2. The number of hydrogen-bond donors (Lipinski definition) is 3. The number of nitrogen functional groups attached to an aromatic ring is 1. The van der Waals surface area contributed by atoms with E-state index in [9.17, 15) is 13.2 Å². The van der Waals surface area contributed by atoms with E-state index in [1.54, 1.807) is 6.07 Å². The highest BCUT2D eigenvalue weighted by molar-refractivity contribution is 6.29. The van der Waals surface area contributed by atoms with Gasteiger partial charge in [0.1, 0.15) is 0 Å². The molecule has 10 heteroatoms. The average Bonchev–Trinajstić information content (AvgIpc) is 2.28. The monoisotopic (exact) mass is 300 g/mol. The van der Waals surface area contributed by atoms with Crippen molar-refractivity contribution in [1.82, 2.24) is 10.2 Å². The van der Waals surface area contributed by atoms with Gasteiger partial charge in [-0.05, 0) is 12.0 Å². The van der Waals surface area contributed by atoms with Gasteiger partial charge < -0.3 is 10.5 Å². The number of anilines is 1. The van der Waals surface area contributed by atoms with Gasteiger partial charge in [0.05, 0.1) is 0 Å². The van der Waals surface area contributed by atoms with Crippen LogP contribution < -0.4 is 11.3 Å². The Morgan fingerprint density at radius 1 is 1.47 bits per heavy atom. The Kier molecular flexibility index (Phi) is 6.49. The average molecular weight is 301 g/mol. The van der Waals surface area contributed by atoms with Crippen molar-refractivity contribution in [2.75, 3.05) is 5.43 Å². The zero-order valence-electron chi connectivity index (χ0n) is 9.99. The number of aromatic nitrogens is 2. The largest absolute Gasteiger partial charge is 0.490 e. The van der Waals surface area contributed by atoms with Gasteiger partial charge in [-0.15, -0.1) is 10.2 Å². The minimum atomic E-state index is -5.08. The summed E-state index contributed by atoms with van der Waals surface area (Å²) in [7, 11) is 0. The molecule has 1 aromatic rings. The van der Waals surface area contributed by atoms with Gasteiger partial charge >= 0.3 is 12.1 Å². The van der Waals surface area contributed by atoms with Crippen LogP contribution >= 0.6 is 11.6 Å². The van der Waals surface area contributed by atoms with Crippen molar-refractivity contribution in [2.24, 2.45) is 5.84 Å². The van der Waals surface area contributed by atoms with Crippen molar-refractivity contribution in [3.05, 3.63) is 16.8 Å². The second-order valence-corrected chi connectivity index (χ2v) is 3.96. The van der Waals surface area contributed by atoms with Crippen molar-refractivity contribution in [3.63, 3.8) is 0 Å². The predicted octanol–water partition coefficient (Wildman–Crippen LogP) is 2.17. The molecule has 0 aliphatic rings. The summed E-state index contributed by atoms with van der Waals surface area (Å²) in [6, 6.07) is 1.76. The molecule has 0 aliphatic carbocycles. The quantitative estimate of drug-likeness (QED) is 0.571. The normalized spacial score (nSPS) is 10.7. The second-order valence-electron chi connectivity index (χ2n) is 3.57. The molecule has 0 saturated carbocycles. The van der Waals surface area contributed by atoms with E-state index in [0.29, 0.717) is 16.9 Å². The molecule has 4 N–H and O–H groups in total. The van der Waals surface area contributed by atoms with E-state index in [-0.39, 0.29) is 0 Å². The second kappa shape index (κ2) is 7.10. The van der Waals surface area contributed by atoms with Gasteiger partial charge in [0.2, 0.25) is 0 Å². The maximum atomic E-state index is 10.6. The molecule has 1 heterocycles. The molecular weight excluding hydrogens is 289 g/mol. The maximum Gasteiger partial charge on any atom is 0.490 e. The lowest BCUT2D eigenvalue weighted by molar-refractivity contribution is -0.192.